The number of rotatable bonds is 6. The summed E-state index contributed by atoms with van der Waals surface area (Å²) in [4.78, 5) is 0. The van der Waals surface area contributed by atoms with Crippen molar-refractivity contribution in [1.82, 2.24) is 0 Å². The number of hydrogen-bond acceptors (Lipinski definition) is 1. The summed E-state index contributed by atoms with van der Waals surface area (Å²) in [6.45, 7) is 2.71. The van der Waals surface area contributed by atoms with E-state index in [1.165, 1.54) is 41.5 Å². The number of halogens is 9. The summed E-state index contributed by atoms with van der Waals surface area (Å²) < 4.78 is 119. The molecule has 0 aromatic heterocycles. The van der Waals surface area contributed by atoms with E-state index in [1.807, 2.05) is 0 Å². The second kappa shape index (κ2) is 13.5. The summed E-state index contributed by atoms with van der Waals surface area (Å²) in [5, 5.41) is 0. The molecule has 42 heavy (non-hydrogen) atoms. The number of benzene rings is 4. The van der Waals surface area contributed by atoms with Crippen LogP contribution in [0.1, 0.15) is 50.4 Å². The summed E-state index contributed by atoms with van der Waals surface area (Å²) >= 11 is 0. The molecule has 0 bridgehead atoms. The van der Waals surface area contributed by atoms with Crippen molar-refractivity contribution in [1.29, 1.82) is 0 Å². The summed E-state index contributed by atoms with van der Waals surface area (Å²) in [6.07, 6.45) is -14.2. The number of aryl methyl sites for hydroxylation is 1. The molecule has 4 aromatic rings. The van der Waals surface area contributed by atoms with Gasteiger partial charge < -0.3 is 5.73 Å². The molecule has 0 aliphatic rings. The van der Waals surface area contributed by atoms with E-state index in [0.717, 1.165) is 42.5 Å². The van der Waals surface area contributed by atoms with E-state index in [4.69, 9.17) is 5.73 Å². The van der Waals surface area contributed by atoms with Gasteiger partial charge in [0.25, 0.3) is 0 Å². The molecule has 0 saturated heterocycles. The Morgan fingerprint density at radius 3 is 1.64 bits per heavy atom. The molecule has 0 heterocycles. The Labute approximate surface area is 237 Å². The first-order chi connectivity index (χ1) is 19.6. The molecule has 0 amide bonds. The zero-order valence-corrected chi connectivity index (χ0v) is 22.4. The van der Waals surface area contributed by atoms with Gasteiger partial charge in [-0.15, -0.1) is 0 Å². The Morgan fingerprint density at radius 1 is 0.548 bits per heavy atom. The zero-order valence-electron chi connectivity index (χ0n) is 22.4. The lowest BCUT2D eigenvalue weighted by Crippen LogP contribution is -2.16. The molecular weight excluding hydrogens is 569 g/mol. The fourth-order valence-corrected chi connectivity index (χ4v) is 4.40. The molecule has 4 rings (SSSR count). The van der Waals surface area contributed by atoms with E-state index in [1.54, 1.807) is 0 Å². The van der Waals surface area contributed by atoms with Gasteiger partial charge >= 0.3 is 18.5 Å². The maximum absolute atomic E-state index is 13.6. The van der Waals surface area contributed by atoms with Crippen LogP contribution in [0.3, 0.4) is 0 Å². The van der Waals surface area contributed by atoms with Gasteiger partial charge in [-0.2, -0.15) is 39.5 Å². The fourth-order valence-electron chi connectivity index (χ4n) is 4.40. The van der Waals surface area contributed by atoms with Crippen LogP contribution in [0.15, 0.2) is 97.1 Å². The van der Waals surface area contributed by atoms with Crippen LogP contribution < -0.4 is 5.73 Å². The fraction of sp³-hybridized carbons (Fsp3) is 0.250. The van der Waals surface area contributed by atoms with Crippen molar-refractivity contribution >= 4 is 0 Å². The average molecular weight is 598 g/mol. The highest BCUT2D eigenvalue weighted by Crippen LogP contribution is 2.39. The van der Waals surface area contributed by atoms with E-state index in [9.17, 15) is 39.5 Å². The maximum atomic E-state index is 13.6. The molecule has 0 fully saturated rings. The van der Waals surface area contributed by atoms with Crippen molar-refractivity contribution in [2.45, 2.75) is 50.8 Å². The van der Waals surface area contributed by atoms with Gasteiger partial charge in [0.2, 0.25) is 0 Å². The molecule has 1 nitrogen and oxygen atoms in total. The Bertz CT molecular complexity index is 1420. The molecule has 2 N–H and O–H groups in total. The van der Waals surface area contributed by atoms with Crippen LogP contribution in [-0.2, 0) is 37.9 Å². The first-order valence-electron chi connectivity index (χ1n) is 12.8. The zero-order chi connectivity index (χ0) is 31.1. The molecule has 10 heteroatoms. The smallest absolute Gasteiger partial charge is 0.326 e. The minimum Gasteiger partial charge on any atom is -0.326 e. The SMILES string of the molecule is Cc1ccc(CN)cc1.FC(F)(F)c1ccc(CC(Cc2cccc(C(F)(F)F)c2)c2ccccc2C(F)(F)F)cc1. The summed E-state index contributed by atoms with van der Waals surface area (Å²) in [5.41, 5.74) is 5.46. The third kappa shape index (κ3) is 9.37. The summed E-state index contributed by atoms with van der Waals surface area (Å²) in [6, 6.07) is 21.2. The van der Waals surface area contributed by atoms with E-state index < -0.39 is 41.1 Å². The largest absolute Gasteiger partial charge is 0.416 e. The van der Waals surface area contributed by atoms with E-state index in [-0.39, 0.29) is 24.0 Å². The van der Waals surface area contributed by atoms with Crippen LogP contribution in [0.5, 0.6) is 0 Å². The highest BCUT2D eigenvalue weighted by atomic mass is 19.4. The van der Waals surface area contributed by atoms with Crippen molar-refractivity contribution in [3.63, 3.8) is 0 Å². The molecule has 1 atom stereocenters. The quantitative estimate of drug-likeness (QED) is 0.220. The summed E-state index contributed by atoms with van der Waals surface area (Å²) in [5.74, 6) is -0.928. The van der Waals surface area contributed by atoms with Gasteiger partial charge in [0.15, 0.2) is 0 Å². The van der Waals surface area contributed by atoms with Gasteiger partial charge in [0.1, 0.15) is 0 Å². The van der Waals surface area contributed by atoms with Crippen LogP contribution in [0, 0.1) is 6.92 Å². The Morgan fingerprint density at radius 2 is 1.10 bits per heavy atom. The molecule has 224 valence electrons. The van der Waals surface area contributed by atoms with Crippen molar-refractivity contribution < 1.29 is 39.5 Å². The third-order valence-corrected chi connectivity index (χ3v) is 6.56. The topological polar surface area (TPSA) is 26.0 Å². The van der Waals surface area contributed by atoms with E-state index in [0.29, 0.717) is 12.1 Å². The maximum Gasteiger partial charge on any atom is 0.416 e. The van der Waals surface area contributed by atoms with Gasteiger partial charge in [0, 0.05) is 6.54 Å². The van der Waals surface area contributed by atoms with Gasteiger partial charge in [0.05, 0.1) is 16.7 Å². The first kappa shape index (κ1) is 32.7. The summed E-state index contributed by atoms with van der Waals surface area (Å²) in [7, 11) is 0. The normalized spacial score (nSPS) is 12.8. The molecule has 0 aliphatic heterocycles. The molecule has 1 unspecified atom stereocenters. The van der Waals surface area contributed by atoms with Crippen molar-refractivity contribution in [2.75, 3.05) is 0 Å². The molecule has 0 aliphatic carbocycles. The Balaban J connectivity index is 0.000000458. The highest BCUT2D eigenvalue weighted by molar-refractivity contribution is 5.37. The third-order valence-electron chi connectivity index (χ3n) is 6.56. The predicted molar refractivity (Wildman–Crippen MR) is 144 cm³/mol. The van der Waals surface area contributed by atoms with Crippen molar-refractivity contribution in [3.8, 4) is 0 Å². The number of nitrogens with two attached hydrogens (primary N) is 1. The Hall–Kier alpha value is -3.79. The lowest BCUT2D eigenvalue weighted by atomic mass is 9.83. The standard InChI is InChI=1S/C24H17F9.C8H11N/c25-22(26,27)18-10-8-15(9-11-18)12-17(20-6-1-2-7-21(20)24(31,32)33)13-16-4-3-5-19(14-16)23(28,29)30;1-7-2-4-8(6-9)5-3-7/h1-11,14,17H,12-13H2;2-5H,6,9H2,1H3. The monoisotopic (exact) mass is 597 g/mol. The van der Waals surface area contributed by atoms with Crippen molar-refractivity contribution in [3.05, 3.63) is 142 Å². The van der Waals surface area contributed by atoms with Crippen LogP contribution in [0.25, 0.3) is 0 Å². The second-order valence-electron chi connectivity index (χ2n) is 9.77. The van der Waals surface area contributed by atoms with Crippen LogP contribution in [0.4, 0.5) is 39.5 Å². The average Bonchev–Trinajstić information content (AvgIpc) is 2.92. The molecule has 4 aromatic carbocycles. The van der Waals surface area contributed by atoms with Crippen LogP contribution in [-0.4, -0.2) is 0 Å². The van der Waals surface area contributed by atoms with Crippen LogP contribution in [0.2, 0.25) is 0 Å². The lowest BCUT2D eigenvalue weighted by Gasteiger charge is -2.23. The van der Waals surface area contributed by atoms with Crippen LogP contribution >= 0.6 is 0 Å². The van der Waals surface area contributed by atoms with E-state index in [2.05, 4.69) is 31.2 Å². The molecule has 0 spiro atoms. The van der Waals surface area contributed by atoms with Gasteiger partial charge in [-0.1, -0.05) is 78.4 Å². The second-order valence-corrected chi connectivity index (χ2v) is 9.77. The highest BCUT2D eigenvalue weighted by Gasteiger charge is 2.36. The minimum atomic E-state index is -4.71. The van der Waals surface area contributed by atoms with Gasteiger partial charge in [-0.25, -0.2) is 0 Å². The Kier molecular flexibility index (Phi) is 10.5. The number of alkyl halides is 9. The molecule has 0 saturated carbocycles. The van der Waals surface area contributed by atoms with Gasteiger partial charge in [-0.05, 0) is 72.2 Å². The molecular formula is C32H28F9N. The first-order valence-corrected chi connectivity index (χ1v) is 12.8. The van der Waals surface area contributed by atoms with Crippen molar-refractivity contribution in [2.24, 2.45) is 5.73 Å². The molecule has 0 radical (unpaired) electrons. The lowest BCUT2D eigenvalue weighted by molar-refractivity contribution is -0.139. The predicted octanol–water partition coefficient (Wildman–Crippen LogP) is 9.77. The minimum absolute atomic E-state index is 0.0958. The van der Waals surface area contributed by atoms with Gasteiger partial charge in [-0.3, -0.25) is 0 Å². The number of hydrogen-bond donors (Lipinski definition) is 1. The van der Waals surface area contributed by atoms with E-state index >= 15 is 0 Å².